The Kier molecular flexibility index (Phi) is 2.99. The van der Waals surface area contributed by atoms with E-state index in [1.165, 1.54) is 62.2 Å². The molecular formula is C19H20FNOS. The zero-order valence-corrected chi connectivity index (χ0v) is 13.9. The molecule has 1 aromatic heterocycles. The molecule has 4 heteroatoms. The number of benzene rings is 1. The molecule has 0 amide bonds. The van der Waals surface area contributed by atoms with E-state index in [0.29, 0.717) is 17.9 Å². The smallest absolute Gasteiger partial charge is 0.173 e. The normalized spacial score (nSPS) is 30.9. The van der Waals surface area contributed by atoms with Crippen LogP contribution in [0.4, 0.5) is 4.39 Å². The van der Waals surface area contributed by atoms with Gasteiger partial charge in [-0.3, -0.25) is 9.69 Å². The predicted octanol–water partition coefficient (Wildman–Crippen LogP) is 4.49. The molecule has 2 bridgehead atoms. The molecule has 1 aromatic carbocycles. The molecule has 3 aliphatic heterocycles. The van der Waals surface area contributed by atoms with Gasteiger partial charge < -0.3 is 0 Å². The van der Waals surface area contributed by atoms with Crippen molar-refractivity contribution in [1.82, 2.24) is 4.90 Å². The van der Waals surface area contributed by atoms with Gasteiger partial charge in [-0.1, -0.05) is 0 Å². The van der Waals surface area contributed by atoms with Crippen LogP contribution in [-0.4, -0.2) is 29.3 Å². The summed E-state index contributed by atoms with van der Waals surface area (Å²) in [5.41, 5.74) is 0.361. The number of hydrogen-bond acceptors (Lipinski definition) is 3. The summed E-state index contributed by atoms with van der Waals surface area (Å²) in [6.07, 6.45) is 5.75. The molecule has 1 aliphatic carbocycles. The molecular weight excluding hydrogens is 309 g/mol. The van der Waals surface area contributed by atoms with E-state index < -0.39 is 0 Å². The molecule has 4 heterocycles. The van der Waals surface area contributed by atoms with Crippen molar-refractivity contribution >= 4 is 27.2 Å². The van der Waals surface area contributed by atoms with Crippen LogP contribution in [0.2, 0.25) is 0 Å². The summed E-state index contributed by atoms with van der Waals surface area (Å²) in [6.45, 7) is 2.47. The van der Waals surface area contributed by atoms with Gasteiger partial charge in [0.15, 0.2) is 5.78 Å². The first kappa shape index (κ1) is 14.1. The van der Waals surface area contributed by atoms with Crippen LogP contribution in [0.15, 0.2) is 24.3 Å². The second-order valence-corrected chi connectivity index (χ2v) is 8.54. The van der Waals surface area contributed by atoms with Crippen LogP contribution in [0.5, 0.6) is 0 Å². The number of piperidine rings is 3. The molecule has 2 nitrogen and oxygen atoms in total. The zero-order chi connectivity index (χ0) is 15.6. The Bertz CT molecular complexity index is 786. The maximum Gasteiger partial charge on any atom is 0.173 e. The first-order chi connectivity index (χ1) is 11.2. The first-order valence-electron chi connectivity index (χ1n) is 8.63. The topological polar surface area (TPSA) is 20.3 Å². The molecule has 1 unspecified atom stereocenters. The van der Waals surface area contributed by atoms with Crippen LogP contribution < -0.4 is 0 Å². The van der Waals surface area contributed by atoms with Gasteiger partial charge in [0.05, 0.1) is 4.88 Å². The number of carbonyl (C=O) groups excluding carboxylic acids is 1. The molecule has 0 radical (unpaired) electrons. The summed E-state index contributed by atoms with van der Waals surface area (Å²) < 4.78 is 14.4. The van der Waals surface area contributed by atoms with E-state index in [9.17, 15) is 9.18 Å². The minimum Gasteiger partial charge on any atom is -0.297 e. The second kappa shape index (κ2) is 4.87. The summed E-state index contributed by atoms with van der Waals surface area (Å²) in [4.78, 5) is 16.3. The minimum atomic E-state index is -0.233. The standard InChI is InChI=1S/C19H20FNOS/c20-14-1-2-17-13(9-14)10-18(23-17)16(22)11-15-12-3-7-21(8-4-12)19(15)5-6-19/h1-2,9-10,12,15H,3-8,11H2. The summed E-state index contributed by atoms with van der Waals surface area (Å²) in [5, 5.41) is 0.855. The zero-order valence-electron chi connectivity index (χ0n) is 13.1. The third-order valence-corrected chi connectivity index (χ3v) is 7.51. The predicted molar refractivity (Wildman–Crippen MR) is 90.5 cm³/mol. The van der Waals surface area contributed by atoms with Gasteiger partial charge in [0.25, 0.3) is 0 Å². The van der Waals surface area contributed by atoms with Gasteiger partial charge in [0, 0.05) is 16.7 Å². The van der Waals surface area contributed by atoms with Gasteiger partial charge in [0.2, 0.25) is 0 Å². The second-order valence-electron chi connectivity index (χ2n) is 7.45. The fourth-order valence-corrected chi connectivity index (χ4v) is 6.04. The van der Waals surface area contributed by atoms with E-state index in [1.54, 1.807) is 6.07 Å². The number of ketones is 1. The Balaban J connectivity index is 1.42. The monoisotopic (exact) mass is 329 g/mol. The van der Waals surface area contributed by atoms with Crippen LogP contribution in [0.1, 0.15) is 41.8 Å². The fourth-order valence-electron chi connectivity index (χ4n) is 5.04. The Morgan fingerprint density at radius 2 is 2.04 bits per heavy atom. The summed E-state index contributed by atoms with van der Waals surface area (Å²) in [7, 11) is 0. The van der Waals surface area contributed by atoms with E-state index in [2.05, 4.69) is 4.90 Å². The first-order valence-corrected chi connectivity index (χ1v) is 9.45. The van der Waals surface area contributed by atoms with Crippen LogP contribution in [0.3, 0.4) is 0 Å². The SMILES string of the molecule is O=C(CC1C2CCN(CC2)C12CC2)c1cc2cc(F)ccc2s1. The van der Waals surface area contributed by atoms with Gasteiger partial charge in [-0.2, -0.15) is 0 Å². The van der Waals surface area contributed by atoms with Crippen molar-refractivity contribution in [2.75, 3.05) is 13.1 Å². The lowest BCUT2D eigenvalue weighted by atomic mass is 9.70. The van der Waals surface area contributed by atoms with Crippen LogP contribution >= 0.6 is 11.3 Å². The summed E-state index contributed by atoms with van der Waals surface area (Å²) >= 11 is 1.51. The molecule has 6 rings (SSSR count). The molecule has 1 saturated carbocycles. The number of carbonyl (C=O) groups is 1. The van der Waals surface area contributed by atoms with Crippen molar-refractivity contribution < 1.29 is 9.18 Å². The van der Waals surface area contributed by atoms with Crippen molar-refractivity contribution in [2.24, 2.45) is 11.8 Å². The highest BCUT2D eigenvalue weighted by molar-refractivity contribution is 7.20. The molecule has 1 atom stereocenters. The van der Waals surface area contributed by atoms with Crippen LogP contribution in [0, 0.1) is 17.7 Å². The average Bonchev–Trinajstić information content (AvgIpc) is 3.22. The highest BCUT2D eigenvalue weighted by Crippen LogP contribution is 2.58. The number of fused-ring (bicyclic) bond motifs is 3. The average molecular weight is 329 g/mol. The fraction of sp³-hybridized carbons (Fsp3) is 0.526. The molecule has 120 valence electrons. The third-order valence-electron chi connectivity index (χ3n) is 6.35. The van der Waals surface area contributed by atoms with Gasteiger partial charge in [-0.25, -0.2) is 4.39 Å². The highest BCUT2D eigenvalue weighted by atomic mass is 32.1. The van der Waals surface area contributed by atoms with Gasteiger partial charge in [-0.05, 0) is 80.3 Å². The highest BCUT2D eigenvalue weighted by Gasteiger charge is 2.60. The van der Waals surface area contributed by atoms with E-state index in [1.807, 2.05) is 6.07 Å². The van der Waals surface area contributed by atoms with Crippen molar-refractivity contribution in [2.45, 2.75) is 37.6 Å². The number of Topliss-reactive ketones (excluding diaryl/α,β-unsaturated/α-hetero) is 1. The van der Waals surface area contributed by atoms with Crippen molar-refractivity contribution in [3.8, 4) is 0 Å². The molecule has 3 saturated heterocycles. The molecule has 23 heavy (non-hydrogen) atoms. The minimum absolute atomic E-state index is 0.233. The number of hydrogen-bond donors (Lipinski definition) is 0. The number of nitrogens with zero attached hydrogens (tertiary/aromatic N) is 1. The lowest BCUT2D eigenvalue weighted by Crippen LogP contribution is -2.57. The lowest BCUT2D eigenvalue weighted by Gasteiger charge is -2.52. The van der Waals surface area contributed by atoms with E-state index in [0.717, 1.165) is 20.9 Å². The molecule has 0 N–H and O–H groups in total. The molecule has 4 fully saturated rings. The Morgan fingerprint density at radius 1 is 1.26 bits per heavy atom. The Hall–Kier alpha value is -1.26. The van der Waals surface area contributed by atoms with Gasteiger partial charge in [-0.15, -0.1) is 11.3 Å². The molecule has 1 spiro atoms. The molecule has 4 aliphatic rings. The summed E-state index contributed by atoms with van der Waals surface area (Å²) in [5.74, 6) is 1.30. The number of thiophene rings is 1. The quantitative estimate of drug-likeness (QED) is 0.774. The maximum atomic E-state index is 13.3. The summed E-state index contributed by atoms with van der Waals surface area (Å²) in [6, 6.07) is 6.66. The largest absolute Gasteiger partial charge is 0.297 e. The van der Waals surface area contributed by atoms with Crippen molar-refractivity contribution in [3.05, 3.63) is 35.0 Å². The Labute approximate surface area is 139 Å². The van der Waals surface area contributed by atoms with E-state index in [4.69, 9.17) is 0 Å². The molecule has 2 aromatic rings. The van der Waals surface area contributed by atoms with Crippen LogP contribution in [-0.2, 0) is 0 Å². The van der Waals surface area contributed by atoms with E-state index >= 15 is 0 Å². The number of halogens is 1. The number of rotatable bonds is 3. The Morgan fingerprint density at radius 3 is 2.78 bits per heavy atom. The third kappa shape index (κ3) is 2.11. The van der Waals surface area contributed by atoms with E-state index in [-0.39, 0.29) is 11.6 Å². The van der Waals surface area contributed by atoms with Gasteiger partial charge in [0.1, 0.15) is 5.82 Å². The van der Waals surface area contributed by atoms with Crippen LogP contribution in [0.25, 0.3) is 10.1 Å². The van der Waals surface area contributed by atoms with Gasteiger partial charge >= 0.3 is 0 Å². The maximum absolute atomic E-state index is 13.3. The van der Waals surface area contributed by atoms with Crippen molar-refractivity contribution in [3.63, 3.8) is 0 Å². The lowest BCUT2D eigenvalue weighted by molar-refractivity contribution is -0.0273. The van der Waals surface area contributed by atoms with Crippen molar-refractivity contribution in [1.29, 1.82) is 0 Å².